The van der Waals surface area contributed by atoms with E-state index in [1.165, 1.54) is 12.2 Å². The van der Waals surface area contributed by atoms with Crippen LogP contribution >= 0.6 is 0 Å². The van der Waals surface area contributed by atoms with E-state index in [0.29, 0.717) is 5.57 Å². The van der Waals surface area contributed by atoms with Crippen molar-refractivity contribution in [3.05, 3.63) is 23.8 Å². The van der Waals surface area contributed by atoms with Gasteiger partial charge in [0.25, 0.3) is 0 Å². The number of carbonyl (C=O) groups excluding carboxylic acids is 2. The zero-order valence-corrected chi connectivity index (χ0v) is 16.9. The first-order valence-corrected chi connectivity index (χ1v) is 10.3. The summed E-state index contributed by atoms with van der Waals surface area (Å²) >= 11 is 0. The molecule has 4 N–H and O–H groups in total. The van der Waals surface area contributed by atoms with Gasteiger partial charge in [0.2, 0.25) is 0 Å². The molecule has 0 aromatic carbocycles. The maximum absolute atomic E-state index is 15.2. The minimum atomic E-state index is -1.28. The first-order chi connectivity index (χ1) is 13.1. The highest BCUT2D eigenvalue weighted by atomic mass is 19.1. The van der Waals surface area contributed by atoms with Gasteiger partial charge in [0.15, 0.2) is 11.6 Å². The number of rotatable bonds is 5. The highest BCUT2D eigenvalue weighted by Gasteiger charge is 2.61. The minimum absolute atomic E-state index is 0.126. The van der Waals surface area contributed by atoms with E-state index in [4.69, 9.17) is 5.73 Å². The van der Waals surface area contributed by atoms with Crippen LogP contribution in [-0.2, 0) is 9.59 Å². The van der Waals surface area contributed by atoms with Crippen molar-refractivity contribution in [2.24, 2.45) is 34.3 Å². The molecule has 5 nitrogen and oxygen atoms in total. The number of ketones is 2. The molecule has 2 unspecified atom stereocenters. The number of aliphatic hydroxyl groups is 2. The molecule has 156 valence electrons. The zero-order valence-electron chi connectivity index (χ0n) is 16.9. The largest absolute Gasteiger partial charge is 0.393 e. The summed E-state index contributed by atoms with van der Waals surface area (Å²) in [7, 11) is 0. The lowest BCUT2D eigenvalue weighted by Gasteiger charge is -2.60. The van der Waals surface area contributed by atoms with Crippen LogP contribution in [0.3, 0.4) is 0 Å². The van der Waals surface area contributed by atoms with Crippen molar-refractivity contribution in [3.63, 3.8) is 0 Å². The number of allylic oxidation sites excluding steroid dienone is 4. The van der Waals surface area contributed by atoms with Gasteiger partial charge in [-0.2, -0.15) is 0 Å². The Morgan fingerprint density at radius 2 is 2.11 bits per heavy atom. The smallest absolute Gasteiger partial charge is 0.178 e. The lowest BCUT2D eigenvalue weighted by Crippen LogP contribution is -2.61. The summed E-state index contributed by atoms with van der Waals surface area (Å²) in [6.07, 6.45) is 3.18. The van der Waals surface area contributed by atoms with E-state index in [2.05, 4.69) is 0 Å². The fourth-order valence-corrected chi connectivity index (χ4v) is 6.36. The third-order valence-electron chi connectivity index (χ3n) is 7.64. The molecule has 0 saturated heterocycles. The minimum Gasteiger partial charge on any atom is -0.393 e. The quantitative estimate of drug-likeness (QED) is 0.664. The second-order valence-electron chi connectivity index (χ2n) is 9.26. The number of carbonyl (C=O) groups is 2. The van der Waals surface area contributed by atoms with Gasteiger partial charge in [-0.05, 0) is 48.8 Å². The first-order valence-electron chi connectivity index (χ1n) is 10.3. The normalized spacial score (nSPS) is 43.8. The number of halogens is 1. The maximum Gasteiger partial charge on any atom is 0.178 e. The Morgan fingerprint density at radius 1 is 1.43 bits per heavy atom. The molecule has 0 aliphatic heterocycles. The Hall–Kier alpha value is -1.37. The van der Waals surface area contributed by atoms with Crippen molar-refractivity contribution in [1.82, 2.24) is 0 Å². The molecular formula is C22H32FNO4. The second-order valence-corrected chi connectivity index (χ2v) is 9.26. The Kier molecular flexibility index (Phi) is 5.69. The van der Waals surface area contributed by atoms with E-state index in [1.807, 2.05) is 20.8 Å². The highest BCUT2D eigenvalue weighted by molar-refractivity contribution is 6.01. The number of fused-ring (bicyclic) bond motifs is 3. The van der Waals surface area contributed by atoms with Gasteiger partial charge in [-0.3, -0.25) is 9.59 Å². The van der Waals surface area contributed by atoms with Crippen LogP contribution in [0, 0.1) is 28.6 Å². The van der Waals surface area contributed by atoms with Crippen molar-refractivity contribution >= 4 is 11.6 Å². The van der Waals surface area contributed by atoms with Crippen molar-refractivity contribution in [2.45, 2.75) is 64.8 Å². The Labute approximate surface area is 165 Å². The van der Waals surface area contributed by atoms with Crippen molar-refractivity contribution in [3.8, 4) is 0 Å². The van der Waals surface area contributed by atoms with Crippen LogP contribution in [-0.4, -0.2) is 46.7 Å². The molecule has 3 rings (SSSR count). The lowest BCUT2D eigenvalue weighted by molar-refractivity contribution is -0.169. The van der Waals surface area contributed by atoms with Crippen LogP contribution in [0.4, 0.5) is 4.39 Å². The molecule has 2 fully saturated rings. The standard InChI is InChI=1S/C22H32FNO4/c1-4-5-14-13-9-16(23)15-8-12(25)6-7-21(15,2)19(13)17(26)10-22(14,3)20(28)18(27)11-24/h6-8,13-14,16-17,19-20,26,28H,4-5,9-11,24H2,1-3H3/t13-,14?,16-,17-,19?,20-,21-,22-/m0/s1. The molecule has 0 amide bonds. The Balaban J connectivity index is 2.07. The molecule has 6 heteroatoms. The van der Waals surface area contributed by atoms with Crippen LogP contribution in [0.15, 0.2) is 23.8 Å². The molecule has 8 atom stereocenters. The number of nitrogens with two attached hydrogens (primary N) is 1. The Morgan fingerprint density at radius 3 is 2.71 bits per heavy atom. The van der Waals surface area contributed by atoms with Gasteiger partial charge >= 0.3 is 0 Å². The third kappa shape index (κ3) is 3.10. The predicted molar refractivity (Wildman–Crippen MR) is 104 cm³/mol. The first kappa shape index (κ1) is 21.3. The second kappa shape index (κ2) is 7.47. The van der Waals surface area contributed by atoms with Gasteiger partial charge in [-0.1, -0.05) is 33.3 Å². The summed E-state index contributed by atoms with van der Waals surface area (Å²) in [5, 5.41) is 22.0. The average molecular weight is 393 g/mol. The van der Waals surface area contributed by atoms with E-state index < -0.39 is 35.0 Å². The predicted octanol–water partition coefficient (Wildman–Crippen LogP) is 2.11. The molecule has 3 aliphatic carbocycles. The van der Waals surface area contributed by atoms with Gasteiger partial charge in [0.05, 0.1) is 12.6 Å². The fourth-order valence-electron chi connectivity index (χ4n) is 6.36. The van der Waals surface area contributed by atoms with E-state index in [-0.39, 0.29) is 42.9 Å². The number of alkyl halides is 1. The number of Topliss-reactive ketones (excluding diaryl/α,β-unsaturated/α-hetero) is 1. The zero-order chi connectivity index (χ0) is 20.9. The molecule has 3 aliphatic rings. The number of hydrogen-bond donors (Lipinski definition) is 3. The maximum atomic E-state index is 15.2. The van der Waals surface area contributed by atoms with Gasteiger partial charge in [0.1, 0.15) is 12.3 Å². The summed E-state index contributed by atoms with van der Waals surface area (Å²) in [5.74, 6) is -1.27. The number of aliphatic hydroxyl groups excluding tert-OH is 2. The van der Waals surface area contributed by atoms with Gasteiger partial charge in [-0.25, -0.2) is 4.39 Å². The molecule has 0 aromatic rings. The van der Waals surface area contributed by atoms with Gasteiger partial charge in [0, 0.05) is 16.7 Å². The molecule has 0 radical (unpaired) electrons. The highest BCUT2D eigenvalue weighted by Crippen LogP contribution is 2.62. The molecule has 0 spiro atoms. The van der Waals surface area contributed by atoms with E-state index >= 15 is 4.39 Å². The monoisotopic (exact) mass is 393 g/mol. The van der Waals surface area contributed by atoms with E-state index in [0.717, 1.165) is 12.8 Å². The third-order valence-corrected chi connectivity index (χ3v) is 7.64. The van der Waals surface area contributed by atoms with E-state index in [9.17, 15) is 19.8 Å². The van der Waals surface area contributed by atoms with Crippen LogP contribution in [0.2, 0.25) is 0 Å². The fraction of sp³-hybridized carbons (Fsp3) is 0.727. The van der Waals surface area contributed by atoms with Crippen molar-refractivity contribution in [2.75, 3.05) is 6.54 Å². The van der Waals surface area contributed by atoms with Gasteiger partial charge in [-0.15, -0.1) is 0 Å². The van der Waals surface area contributed by atoms with Crippen LogP contribution in [0.25, 0.3) is 0 Å². The Bertz CT molecular complexity index is 719. The summed E-state index contributed by atoms with van der Waals surface area (Å²) < 4.78 is 15.2. The SMILES string of the molecule is CCCC1[C@@H]2C[C@H](F)C3=CC(=O)C=C[C@]3(C)C2[C@@H](O)C[C@]1(C)[C@@H](O)C(=O)CN. The van der Waals surface area contributed by atoms with Crippen molar-refractivity contribution in [1.29, 1.82) is 0 Å². The summed E-state index contributed by atoms with van der Waals surface area (Å²) in [4.78, 5) is 24.1. The molecule has 2 saturated carbocycles. The van der Waals surface area contributed by atoms with Crippen LogP contribution < -0.4 is 5.73 Å². The summed E-state index contributed by atoms with van der Waals surface area (Å²) in [5.41, 5.74) is 4.32. The molecule has 0 aromatic heterocycles. The number of hydrogen-bond acceptors (Lipinski definition) is 5. The topological polar surface area (TPSA) is 101 Å². The van der Waals surface area contributed by atoms with Crippen LogP contribution in [0.5, 0.6) is 0 Å². The summed E-state index contributed by atoms with van der Waals surface area (Å²) in [6, 6.07) is 0. The van der Waals surface area contributed by atoms with Crippen LogP contribution in [0.1, 0.15) is 46.5 Å². The molecular weight excluding hydrogens is 361 g/mol. The summed E-state index contributed by atoms with van der Waals surface area (Å²) in [6.45, 7) is 5.48. The molecule has 0 bridgehead atoms. The molecule has 28 heavy (non-hydrogen) atoms. The van der Waals surface area contributed by atoms with E-state index in [1.54, 1.807) is 6.08 Å². The molecule has 0 heterocycles. The van der Waals surface area contributed by atoms with Gasteiger partial charge < -0.3 is 15.9 Å². The van der Waals surface area contributed by atoms with Crippen molar-refractivity contribution < 1.29 is 24.2 Å². The lowest BCUT2D eigenvalue weighted by atomic mass is 9.45. The average Bonchev–Trinajstić information content (AvgIpc) is 2.64.